The number of benzene rings is 2. The van der Waals surface area contributed by atoms with Crippen molar-refractivity contribution < 1.29 is 14.7 Å². The monoisotopic (exact) mass is 418 g/mol. The molecule has 0 spiro atoms. The minimum absolute atomic E-state index is 0.0129. The van der Waals surface area contributed by atoms with E-state index in [0.29, 0.717) is 16.1 Å². The molecule has 0 saturated heterocycles. The van der Waals surface area contributed by atoms with Gasteiger partial charge in [0, 0.05) is 10.4 Å². The SMILES string of the molecule is N#Cc1c(NC(=O)C(=O)N/N=C\c2c(O)ccc3ccccc23)sc2c1CCCC2. The topological polar surface area (TPSA) is 115 Å². The number of hydrogen-bond acceptors (Lipinski definition) is 6. The quantitative estimate of drug-likeness (QED) is 0.343. The molecule has 30 heavy (non-hydrogen) atoms. The van der Waals surface area contributed by atoms with Crippen LogP contribution in [0, 0.1) is 11.3 Å². The van der Waals surface area contributed by atoms with Crippen LogP contribution in [0.1, 0.15) is 34.4 Å². The van der Waals surface area contributed by atoms with Crippen LogP contribution in [0.15, 0.2) is 41.5 Å². The molecule has 0 atom stereocenters. The number of aromatic hydroxyl groups is 1. The highest BCUT2D eigenvalue weighted by Crippen LogP contribution is 2.37. The number of anilines is 1. The van der Waals surface area contributed by atoms with Crippen molar-refractivity contribution in [2.24, 2.45) is 5.10 Å². The molecule has 4 rings (SSSR count). The second-order valence-electron chi connectivity index (χ2n) is 6.90. The molecule has 2 aromatic carbocycles. The normalized spacial score (nSPS) is 13.0. The van der Waals surface area contributed by atoms with Crippen LogP contribution >= 0.6 is 11.3 Å². The molecule has 1 aromatic heterocycles. The molecule has 0 fully saturated rings. The van der Waals surface area contributed by atoms with E-state index in [1.807, 2.05) is 24.3 Å². The van der Waals surface area contributed by atoms with E-state index in [0.717, 1.165) is 46.9 Å². The van der Waals surface area contributed by atoms with E-state index in [9.17, 15) is 20.0 Å². The van der Waals surface area contributed by atoms with Gasteiger partial charge in [-0.25, -0.2) is 5.43 Å². The van der Waals surface area contributed by atoms with E-state index < -0.39 is 11.8 Å². The minimum atomic E-state index is -0.957. The number of carbonyl (C=O) groups excluding carboxylic acids is 2. The number of carbonyl (C=O) groups is 2. The molecule has 150 valence electrons. The largest absolute Gasteiger partial charge is 0.507 e. The van der Waals surface area contributed by atoms with Crippen molar-refractivity contribution in [2.75, 3.05) is 5.32 Å². The molecule has 0 aliphatic heterocycles. The molecule has 1 aliphatic carbocycles. The fraction of sp³-hybridized carbons (Fsp3) is 0.182. The van der Waals surface area contributed by atoms with Gasteiger partial charge in [0.1, 0.15) is 16.8 Å². The van der Waals surface area contributed by atoms with Crippen LogP contribution in [0.4, 0.5) is 5.00 Å². The fourth-order valence-electron chi connectivity index (χ4n) is 3.56. The standard InChI is InChI=1S/C22H18N4O3S/c23-11-16-15-7-3-4-8-19(15)30-22(16)25-20(28)21(29)26-24-12-17-14-6-2-1-5-13(14)9-10-18(17)27/h1-2,5-6,9-10,12,27H,3-4,7-8H2,(H,25,28)(H,26,29)/b24-12-. The lowest BCUT2D eigenvalue weighted by Gasteiger charge is -2.09. The van der Waals surface area contributed by atoms with E-state index in [4.69, 9.17) is 0 Å². The van der Waals surface area contributed by atoms with E-state index in [2.05, 4.69) is 21.9 Å². The molecule has 1 aliphatic rings. The van der Waals surface area contributed by atoms with Crippen LogP contribution in [-0.4, -0.2) is 23.1 Å². The number of aryl methyl sites for hydroxylation is 1. The summed E-state index contributed by atoms with van der Waals surface area (Å²) < 4.78 is 0. The van der Waals surface area contributed by atoms with E-state index in [1.165, 1.54) is 17.6 Å². The highest BCUT2D eigenvalue weighted by atomic mass is 32.1. The van der Waals surface area contributed by atoms with Gasteiger partial charge in [0.05, 0.1) is 11.8 Å². The van der Waals surface area contributed by atoms with Gasteiger partial charge in [-0.05, 0) is 48.1 Å². The number of thiophene rings is 1. The molecule has 3 N–H and O–H groups in total. The number of fused-ring (bicyclic) bond motifs is 2. The zero-order chi connectivity index (χ0) is 21.1. The second kappa shape index (κ2) is 8.35. The molecular formula is C22H18N4O3S. The summed E-state index contributed by atoms with van der Waals surface area (Å²) in [5, 5.41) is 28.0. The third-order valence-corrected chi connectivity index (χ3v) is 6.23. The average molecular weight is 418 g/mol. The number of rotatable bonds is 3. The summed E-state index contributed by atoms with van der Waals surface area (Å²) in [4.78, 5) is 25.5. The van der Waals surface area contributed by atoms with Crippen LogP contribution in [-0.2, 0) is 22.4 Å². The summed E-state index contributed by atoms with van der Waals surface area (Å²) in [5.74, 6) is -1.84. The maximum absolute atomic E-state index is 12.3. The van der Waals surface area contributed by atoms with Gasteiger partial charge in [0.2, 0.25) is 0 Å². The number of hydrazone groups is 1. The van der Waals surface area contributed by atoms with Crippen LogP contribution in [0.5, 0.6) is 5.75 Å². The van der Waals surface area contributed by atoms with Gasteiger partial charge in [-0.1, -0.05) is 30.3 Å². The first-order valence-electron chi connectivity index (χ1n) is 9.48. The minimum Gasteiger partial charge on any atom is -0.507 e. The maximum Gasteiger partial charge on any atom is 0.329 e. The van der Waals surface area contributed by atoms with Crippen LogP contribution in [0.2, 0.25) is 0 Å². The molecule has 0 radical (unpaired) electrons. The van der Waals surface area contributed by atoms with Gasteiger partial charge in [-0.3, -0.25) is 9.59 Å². The summed E-state index contributed by atoms with van der Waals surface area (Å²) in [6.07, 6.45) is 5.07. The second-order valence-corrected chi connectivity index (χ2v) is 8.00. The molecule has 0 saturated carbocycles. The Hall–Kier alpha value is -3.70. The lowest BCUT2D eigenvalue weighted by molar-refractivity contribution is -0.136. The van der Waals surface area contributed by atoms with Gasteiger partial charge < -0.3 is 10.4 Å². The molecule has 0 bridgehead atoms. The predicted octanol–water partition coefficient (Wildman–Crippen LogP) is 3.45. The Bertz CT molecular complexity index is 1220. The fourth-order valence-corrected chi connectivity index (χ4v) is 4.79. The summed E-state index contributed by atoms with van der Waals surface area (Å²) in [6, 6.07) is 12.9. The molecule has 0 unspecified atom stereocenters. The molecule has 7 nitrogen and oxygen atoms in total. The first kappa shape index (κ1) is 19.6. The smallest absolute Gasteiger partial charge is 0.329 e. The van der Waals surface area contributed by atoms with E-state index >= 15 is 0 Å². The summed E-state index contributed by atoms with van der Waals surface area (Å²) >= 11 is 1.35. The molecule has 2 amide bonds. The zero-order valence-corrected chi connectivity index (χ0v) is 16.8. The lowest BCUT2D eigenvalue weighted by atomic mass is 9.96. The Balaban J connectivity index is 1.47. The molecule has 3 aromatic rings. The number of nitrogens with zero attached hydrogens (tertiary/aromatic N) is 2. The van der Waals surface area contributed by atoms with Crippen LogP contribution in [0.3, 0.4) is 0 Å². The van der Waals surface area contributed by atoms with Gasteiger partial charge in [0.25, 0.3) is 0 Å². The van der Waals surface area contributed by atoms with E-state index in [1.54, 1.807) is 12.1 Å². The van der Waals surface area contributed by atoms with Crippen molar-refractivity contribution in [2.45, 2.75) is 25.7 Å². The Labute approximate surface area is 176 Å². The first-order chi connectivity index (χ1) is 14.6. The summed E-state index contributed by atoms with van der Waals surface area (Å²) in [7, 11) is 0. The Morgan fingerprint density at radius 2 is 1.93 bits per heavy atom. The number of amides is 2. The molecule has 1 heterocycles. The van der Waals surface area contributed by atoms with E-state index in [-0.39, 0.29) is 5.75 Å². The van der Waals surface area contributed by atoms with Gasteiger partial charge in [0.15, 0.2) is 0 Å². The number of hydrogen-bond donors (Lipinski definition) is 3. The highest BCUT2D eigenvalue weighted by molar-refractivity contribution is 7.16. The summed E-state index contributed by atoms with van der Waals surface area (Å²) in [5.41, 5.74) is 4.03. The summed E-state index contributed by atoms with van der Waals surface area (Å²) in [6.45, 7) is 0. The van der Waals surface area contributed by atoms with Gasteiger partial charge >= 0.3 is 11.8 Å². The van der Waals surface area contributed by atoms with Crippen molar-refractivity contribution in [3.05, 3.63) is 58.0 Å². The Morgan fingerprint density at radius 3 is 2.77 bits per heavy atom. The lowest BCUT2D eigenvalue weighted by Crippen LogP contribution is -2.32. The maximum atomic E-state index is 12.3. The van der Waals surface area contributed by atoms with Crippen molar-refractivity contribution >= 4 is 45.1 Å². The Morgan fingerprint density at radius 1 is 1.13 bits per heavy atom. The van der Waals surface area contributed by atoms with Crippen molar-refractivity contribution in [3.63, 3.8) is 0 Å². The Kier molecular flexibility index (Phi) is 5.46. The number of phenols is 1. The molecular weight excluding hydrogens is 400 g/mol. The van der Waals surface area contributed by atoms with Crippen LogP contribution in [0.25, 0.3) is 10.8 Å². The first-order valence-corrected chi connectivity index (χ1v) is 10.3. The van der Waals surface area contributed by atoms with Gasteiger partial charge in [-0.2, -0.15) is 10.4 Å². The van der Waals surface area contributed by atoms with Crippen LogP contribution < -0.4 is 10.7 Å². The number of nitrogens with one attached hydrogen (secondary N) is 2. The third kappa shape index (κ3) is 3.75. The zero-order valence-electron chi connectivity index (χ0n) is 15.9. The van der Waals surface area contributed by atoms with Crippen molar-refractivity contribution in [3.8, 4) is 11.8 Å². The van der Waals surface area contributed by atoms with Crippen molar-refractivity contribution in [1.82, 2.24) is 5.43 Å². The number of nitriles is 1. The van der Waals surface area contributed by atoms with Crippen molar-refractivity contribution in [1.29, 1.82) is 5.26 Å². The highest BCUT2D eigenvalue weighted by Gasteiger charge is 2.23. The van der Waals surface area contributed by atoms with Gasteiger partial charge in [-0.15, -0.1) is 11.3 Å². The molecule has 8 heteroatoms. The number of phenolic OH excluding ortho intramolecular Hbond substituents is 1. The predicted molar refractivity (Wildman–Crippen MR) is 116 cm³/mol. The average Bonchev–Trinajstić information content (AvgIpc) is 3.12. The third-order valence-electron chi connectivity index (χ3n) is 5.02.